The lowest BCUT2D eigenvalue weighted by Gasteiger charge is -2.15. The molecule has 0 amide bonds. The minimum Gasteiger partial charge on any atom is -0.366 e. The summed E-state index contributed by atoms with van der Waals surface area (Å²) in [7, 11) is 5.58. The topological polar surface area (TPSA) is 3.24 Å². The number of nitrogens with zero attached hydrogens (tertiary/aromatic N) is 1. The molecule has 68 valence electrons. The van der Waals surface area contributed by atoms with Crippen molar-refractivity contribution in [2.75, 3.05) is 18.5 Å². The molecule has 0 unspecified atom stereocenters. The summed E-state index contributed by atoms with van der Waals surface area (Å²) >= 11 is 5.07. The lowest BCUT2D eigenvalue weighted by Crippen LogP contribution is -2.16. The second-order valence-electron chi connectivity index (χ2n) is 2.74. The normalized spacial score (nSPS) is 10.2. The maximum absolute atomic E-state index is 5.07. The van der Waals surface area contributed by atoms with E-state index < -0.39 is 0 Å². The first-order chi connectivity index (χ1) is 5.74. The Kier molecular flexibility index (Phi) is 4.18. The third-order valence-electron chi connectivity index (χ3n) is 1.67. The summed E-state index contributed by atoms with van der Waals surface area (Å²) in [5, 5.41) is 1.30. The molecule has 1 heterocycles. The van der Waals surface area contributed by atoms with Crippen LogP contribution in [0.5, 0.6) is 0 Å². The second kappa shape index (κ2) is 4.94. The fourth-order valence-corrected chi connectivity index (χ4v) is 3.36. The van der Waals surface area contributed by atoms with Crippen molar-refractivity contribution in [2.45, 2.75) is 19.8 Å². The Morgan fingerprint density at radius 3 is 2.75 bits per heavy atom. The predicted molar refractivity (Wildman–Crippen MR) is 61.2 cm³/mol. The summed E-state index contributed by atoms with van der Waals surface area (Å²) < 4.78 is 0.998. The van der Waals surface area contributed by atoms with Gasteiger partial charge < -0.3 is 4.90 Å². The largest absolute Gasteiger partial charge is 0.366 e. The lowest BCUT2D eigenvalue weighted by atomic mass is 10.3. The molecule has 0 aromatic carbocycles. The average Bonchev–Trinajstić information content (AvgIpc) is 2.47. The molecule has 0 atom stereocenters. The minimum atomic E-state index is 0.998. The van der Waals surface area contributed by atoms with Crippen LogP contribution in [-0.4, -0.2) is 13.6 Å². The lowest BCUT2D eigenvalue weighted by molar-refractivity contribution is 0.770. The molecule has 1 nitrogen and oxygen atoms in total. The van der Waals surface area contributed by atoms with E-state index in [2.05, 4.69) is 24.9 Å². The number of hydrogen-bond acceptors (Lipinski definition) is 4. The van der Waals surface area contributed by atoms with Crippen LogP contribution in [-0.2, 0) is 0 Å². The van der Waals surface area contributed by atoms with Gasteiger partial charge in [0.25, 0.3) is 0 Å². The minimum absolute atomic E-state index is 0.998. The van der Waals surface area contributed by atoms with Gasteiger partial charge in [-0.25, -0.2) is 0 Å². The fourth-order valence-electron chi connectivity index (χ4n) is 0.912. The zero-order valence-electron chi connectivity index (χ0n) is 7.37. The molecule has 4 heteroatoms. The van der Waals surface area contributed by atoms with E-state index in [4.69, 9.17) is 12.2 Å². The van der Waals surface area contributed by atoms with Crippen LogP contribution in [0.1, 0.15) is 19.8 Å². The van der Waals surface area contributed by atoms with Gasteiger partial charge in [0.2, 0.25) is 0 Å². The highest BCUT2D eigenvalue weighted by Gasteiger charge is 2.01. The van der Waals surface area contributed by atoms with Crippen LogP contribution in [0.4, 0.5) is 5.00 Å². The molecule has 0 bridgehead atoms. The molecule has 0 saturated carbocycles. The van der Waals surface area contributed by atoms with Crippen molar-refractivity contribution < 1.29 is 0 Å². The van der Waals surface area contributed by atoms with Crippen LogP contribution in [0.25, 0.3) is 0 Å². The Labute approximate surface area is 86.0 Å². The highest BCUT2D eigenvalue weighted by Crippen LogP contribution is 2.26. The van der Waals surface area contributed by atoms with Gasteiger partial charge in [-0.05, 0) is 6.42 Å². The summed E-state index contributed by atoms with van der Waals surface area (Å²) in [4.78, 5) is 2.28. The van der Waals surface area contributed by atoms with E-state index in [1.807, 2.05) is 0 Å². The van der Waals surface area contributed by atoms with Gasteiger partial charge in [0.15, 0.2) is 0 Å². The summed E-state index contributed by atoms with van der Waals surface area (Å²) in [5.74, 6) is 0. The average molecular weight is 219 g/mol. The first kappa shape index (κ1) is 10.2. The Morgan fingerprint density at radius 1 is 1.50 bits per heavy atom. The molecule has 0 aliphatic carbocycles. The highest BCUT2D eigenvalue weighted by atomic mass is 32.9. The summed E-state index contributed by atoms with van der Waals surface area (Å²) in [6, 6.07) is 2.08. The van der Waals surface area contributed by atoms with Crippen molar-refractivity contribution in [3.63, 3.8) is 0 Å². The van der Waals surface area contributed by atoms with E-state index in [1.54, 1.807) is 20.7 Å². The van der Waals surface area contributed by atoms with Gasteiger partial charge in [0.1, 0.15) is 8.82 Å². The van der Waals surface area contributed by atoms with E-state index in [-0.39, 0.29) is 0 Å². The van der Waals surface area contributed by atoms with Crippen LogP contribution < -0.4 is 4.90 Å². The quantitative estimate of drug-likeness (QED) is 0.560. The second-order valence-corrected chi connectivity index (χ2v) is 5.63. The molecule has 12 heavy (non-hydrogen) atoms. The number of hydrogen-bond donors (Lipinski definition) is 0. The van der Waals surface area contributed by atoms with Crippen molar-refractivity contribution in [3.8, 4) is 0 Å². The molecule has 0 spiro atoms. The van der Waals surface area contributed by atoms with Crippen LogP contribution >= 0.6 is 32.9 Å². The van der Waals surface area contributed by atoms with Crippen LogP contribution in [0.2, 0.25) is 0 Å². The van der Waals surface area contributed by atoms with Crippen molar-refractivity contribution in [2.24, 2.45) is 0 Å². The van der Waals surface area contributed by atoms with Gasteiger partial charge in [0, 0.05) is 19.7 Å². The molecular formula is C8H13NS3. The van der Waals surface area contributed by atoms with E-state index in [1.165, 1.54) is 17.8 Å². The van der Waals surface area contributed by atoms with Crippen LogP contribution in [0, 0.1) is 3.82 Å². The van der Waals surface area contributed by atoms with Gasteiger partial charge >= 0.3 is 0 Å². The smallest absolute Gasteiger partial charge is 0.104 e. The van der Waals surface area contributed by atoms with Crippen molar-refractivity contribution in [3.05, 3.63) is 9.89 Å². The van der Waals surface area contributed by atoms with Crippen molar-refractivity contribution in [1.29, 1.82) is 0 Å². The zero-order valence-corrected chi connectivity index (χ0v) is 9.82. The molecule has 0 radical (unpaired) electrons. The molecule has 1 aromatic heterocycles. The molecule has 0 aliphatic heterocycles. The van der Waals surface area contributed by atoms with Crippen LogP contribution in [0.15, 0.2) is 6.07 Å². The number of anilines is 1. The maximum atomic E-state index is 5.07. The summed E-state index contributed by atoms with van der Waals surface area (Å²) in [6.45, 7) is 3.35. The fraction of sp³-hybridized carbons (Fsp3) is 0.625. The Hall–Kier alpha value is 0.0700. The van der Waals surface area contributed by atoms with Crippen LogP contribution in [0.3, 0.4) is 0 Å². The molecular weight excluding hydrogens is 206 g/mol. The molecule has 1 aromatic rings. The van der Waals surface area contributed by atoms with Gasteiger partial charge in [0.05, 0.1) is 0 Å². The third kappa shape index (κ3) is 2.84. The van der Waals surface area contributed by atoms with Gasteiger partial charge in [-0.2, -0.15) is 0 Å². The van der Waals surface area contributed by atoms with Gasteiger partial charge in [-0.3, -0.25) is 0 Å². The Balaban J connectivity index is 2.53. The van der Waals surface area contributed by atoms with Gasteiger partial charge in [-0.15, -0.1) is 0 Å². The first-order valence-electron chi connectivity index (χ1n) is 4.05. The zero-order chi connectivity index (χ0) is 8.97. The molecule has 1 rings (SSSR count). The number of unbranched alkanes of at least 4 members (excludes halogenated alkanes) is 1. The summed E-state index contributed by atoms with van der Waals surface area (Å²) in [6.07, 6.45) is 2.51. The molecule has 0 aliphatic rings. The molecule has 0 saturated heterocycles. The third-order valence-corrected chi connectivity index (χ3v) is 4.62. The van der Waals surface area contributed by atoms with Crippen molar-refractivity contribution in [1.82, 2.24) is 0 Å². The van der Waals surface area contributed by atoms with E-state index in [9.17, 15) is 0 Å². The maximum Gasteiger partial charge on any atom is 0.104 e. The van der Waals surface area contributed by atoms with Crippen molar-refractivity contribution >= 4 is 37.9 Å². The molecule has 0 N–H and O–H groups in total. The van der Waals surface area contributed by atoms with E-state index >= 15 is 0 Å². The van der Waals surface area contributed by atoms with Gasteiger partial charge in [-0.1, -0.05) is 46.2 Å². The predicted octanol–water partition coefficient (Wildman–Crippen LogP) is 3.78. The Bertz CT molecular complexity index is 276. The standard InChI is InChI=1S/C8H13NS3/c1-3-4-5-9(2)7-6-8(10)12-11-7/h6H,3-5H2,1-2H3. The molecule has 0 fully saturated rings. The summed E-state index contributed by atoms with van der Waals surface area (Å²) in [5.41, 5.74) is 0. The van der Waals surface area contributed by atoms with E-state index in [0.29, 0.717) is 0 Å². The monoisotopic (exact) mass is 219 g/mol. The number of rotatable bonds is 4. The highest BCUT2D eigenvalue weighted by molar-refractivity contribution is 7.80. The first-order valence-corrected chi connectivity index (χ1v) is 6.61. The van der Waals surface area contributed by atoms with E-state index in [0.717, 1.165) is 10.4 Å². The Morgan fingerprint density at radius 2 is 2.25 bits per heavy atom. The SMILES string of the molecule is CCCCN(C)c1cc(=S)ss1.